The fraction of sp³-hybridized carbons (Fsp3) is 0.0769. The lowest BCUT2D eigenvalue weighted by molar-refractivity contribution is 0.0542. The maximum Gasteiger partial charge on any atom is 0.284 e. The molecule has 96 valence electrons. The minimum atomic E-state index is -0.236. The number of rotatable bonds is 3. The van der Waals surface area contributed by atoms with Crippen LogP contribution < -0.4 is 5.48 Å². The van der Waals surface area contributed by atoms with Gasteiger partial charge in [0.1, 0.15) is 5.01 Å². The van der Waals surface area contributed by atoms with E-state index in [1.165, 1.54) is 18.4 Å². The minimum Gasteiger partial charge on any atom is -0.277 e. The summed E-state index contributed by atoms with van der Waals surface area (Å²) >= 11 is 3.03. The number of benzene rings is 1. The van der Waals surface area contributed by atoms with Crippen LogP contribution in [-0.4, -0.2) is 18.0 Å². The molecular weight excluding hydrogens is 280 g/mol. The van der Waals surface area contributed by atoms with Crippen LogP contribution in [0, 0.1) is 0 Å². The Labute approximate surface area is 117 Å². The number of thiazole rings is 1. The number of para-hydroxylation sites is 1. The summed E-state index contributed by atoms with van der Waals surface area (Å²) in [6.07, 6.45) is 0. The molecule has 1 N–H and O–H groups in total. The number of hydrogen-bond donors (Lipinski definition) is 1. The van der Waals surface area contributed by atoms with Gasteiger partial charge in [0.15, 0.2) is 0 Å². The van der Waals surface area contributed by atoms with Crippen molar-refractivity contribution in [2.45, 2.75) is 0 Å². The van der Waals surface area contributed by atoms with Crippen molar-refractivity contribution < 1.29 is 9.63 Å². The molecule has 6 heteroatoms. The standard InChI is InChI=1S/C13H10N2O2S2/c1-17-15-12(16)10-6-7-11(18-10)13-14-8-4-2-3-5-9(8)19-13/h2-7H,1H3,(H,15,16). The Kier molecular flexibility index (Phi) is 3.29. The third-order valence-electron chi connectivity index (χ3n) is 2.53. The number of hydroxylamine groups is 1. The molecule has 0 aliphatic rings. The highest BCUT2D eigenvalue weighted by Crippen LogP contribution is 2.34. The van der Waals surface area contributed by atoms with Crippen LogP contribution in [0.1, 0.15) is 9.67 Å². The van der Waals surface area contributed by atoms with Crippen LogP contribution in [0.15, 0.2) is 36.4 Å². The molecule has 1 aromatic carbocycles. The van der Waals surface area contributed by atoms with E-state index in [2.05, 4.69) is 15.3 Å². The third kappa shape index (κ3) is 2.37. The molecule has 3 aromatic rings. The molecular formula is C13H10N2O2S2. The number of nitrogens with one attached hydrogen (secondary N) is 1. The smallest absolute Gasteiger partial charge is 0.277 e. The summed E-state index contributed by atoms with van der Waals surface area (Å²) in [5, 5.41) is 0.933. The fourth-order valence-electron chi connectivity index (χ4n) is 1.70. The first-order valence-corrected chi connectivity index (χ1v) is 7.20. The lowest BCUT2D eigenvalue weighted by Gasteiger charge is -1.96. The van der Waals surface area contributed by atoms with Gasteiger partial charge in [0.25, 0.3) is 5.91 Å². The van der Waals surface area contributed by atoms with Gasteiger partial charge in [-0.1, -0.05) is 12.1 Å². The highest BCUT2D eigenvalue weighted by atomic mass is 32.1. The van der Waals surface area contributed by atoms with Crippen LogP contribution in [-0.2, 0) is 4.84 Å². The fourth-order valence-corrected chi connectivity index (χ4v) is 3.61. The van der Waals surface area contributed by atoms with Crippen molar-refractivity contribution in [2.24, 2.45) is 0 Å². The van der Waals surface area contributed by atoms with Crippen molar-refractivity contribution in [3.8, 4) is 9.88 Å². The first-order chi connectivity index (χ1) is 9.28. The van der Waals surface area contributed by atoms with E-state index in [0.29, 0.717) is 4.88 Å². The van der Waals surface area contributed by atoms with Crippen molar-refractivity contribution in [3.05, 3.63) is 41.3 Å². The molecule has 0 aliphatic heterocycles. The third-order valence-corrected chi connectivity index (χ3v) is 4.82. The molecule has 0 saturated carbocycles. The van der Waals surface area contributed by atoms with Crippen molar-refractivity contribution in [1.29, 1.82) is 0 Å². The summed E-state index contributed by atoms with van der Waals surface area (Å²) < 4.78 is 1.15. The van der Waals surface area contributed by atoms with Gasteiger partial charge >= 0.3 is 0 Å². The zero-order valence-corrected chi connectivity index (χ0v) is 11.7. The molecule has 0 radical (unpaired) electrons. The molecule has 0 atom stereocenters. The average molecular weight is 290 g/mol. The lowest BCUT2D eigenvalue weighted by Crippen LogP contribution is -2.20. The van der Waals surface area contributed by atoms with Gasteiger partial charge in [-0.05, 0) is 24.3 Å². The molecule has 3 rings (SSSR count). The number of hydrogen-bond acceptors (Lipinski definition) is 5. The van der Waals surface area contributed by atoms with Crippen molar-refractivity contribution in [3.63, 3.8) is 0 Å². The van der Waals surface area contributed by atoms with E-state index in [4.69, 9.17) is 0 Å². The van der Waals surface area contributed by atoms with E-state index in [0.717, 1.165) is 20.1 Å². The molecule has 0 unspecified atom stereocenters. The topological polar surface area (TPSA) is 51.2 Å². The summed E-state index contributed by atoms with van der Waals surface area (Å²) in [5.41, 5.74) is 3.29. The van der Waals surface area contributed by atoms with Crippen molar-refractivity contribution in [1.82, 2.24) is 10.5 Å². The largest absolute Gasteiger partial charge is 0.284 e. The maximum atomic E-state index is 11.6. The van der Waals surface area contributed by atoms with Crippen LogP contribution in [0.4, 0.5) is 0 Å². The Morgan fingerprint density at radius 2 is 2.05 bits per heavy atom. The normalized spacial score (nSPS) is 10.8. The number of carbonyl (C=O) groups is 1. The lowest BCUT2D eigenvalue weighted by atomic mass is 10.3. The molecule has 4 nitrogen and oxygen atoms in total. The number of nitrogens with zero attached hydrogens (tertiary/aromatic N) is 1. The Morgan fingerprint density at radius 1 is 1.21 bits per heavy atom. The monoisotopic (exact) mass is 290 g/mol. The van der Waals surface area contributed by atoms with Crippen LogP contribution in [0.5, 0.6) is 0 Å². The van der Waals surface area contributed by atoms with Gasteiger partial charge in [0.2, 0.25) is 0 Å². The van der Waals surface area contributed by atoms with E-state index < -0.39 is 0 Å². The molecule has 19 heavy (non-hydrogen) atoms. The molecule has 1 amide bonds. The van der Waals surface area contributed by atoms with Crippen molar-refractivity contribution in [2.75, 3.05) is 7.11 Å². The highest BCUT2D eigenvalue weighted by Gasteiger charge is 2.12. The SMILES string of the molecule is CONC(=O)c1ccc(-c2nc3ccccc3s2)s1. The Morgan fingerprint density at radius 3 is 2.84 bits per heavy atom. The van der Waals surface area contributed by atoms with E-state index in [9.17, 15) is 4.79 Å². The zero-order valence-electron chi connectivity index (χ0n) is 10.0. The molecule has 0 fully saturated rings. The Balaban J connectivity index is 1.96. The Hall–Kier alpha value is -1.76. The zero-order chi connectivity index (χ0) is 13.2. The van der Waals surface area contributed by atoms with Gasteiger partial charge in [0, 0.05) is 0 Å². The molecule has 0 spiro atoms. The highest BCUT2D eigenvalue weighted by molar-refractivity contribution is 7.26. The van der Waals surface area contributed by atoms with Gasteiger partial charge < -0.3 is 0 Å². The average Bonchev–Trinajstić information content (AvgIpc) is 3.05. The number of carbonyl (C=O) groups excluding carboxylic acids is 1. The molecule has 0 aliphatic carbocycles. The second-order valence-electron chi connectivity index (χ2n) is 3.79. The molecule has 0 saturated heterocycles. The summed E-state index contributed by atoms with van der Waals surface area (Å²) in [6, 6.07) is 11.7. The van der Waals surface area contributed by atoms with Crippen LogP contribution in [0.25, 0.3) is 20.1 Å². The minimum absolute atomic E-state index is 0.236. The number of fused-ring (bicyclic) bond motifs is 1. The predicted molar refractivity (Wildman–Crippen MR) is 77.4 cm³/mol. The number of thiophene rings is 1. The first-order valence-electron chi connectivity index (χ1n) is 5.57. The van der Waals surface area contributed by atoms with E-state index in [1.807, 2.05) is 30.3 Å². The van der Waals surface area contributed by atoms with E-state index in [-0.39, 0.29) is 5.91 Å². The van der Waals surface area contributed by atoms with Gasteiger partial charge in [-0.3, -0.25) is 9.63 Å². The van der Waals surface area contributed by atoms with Gasteiger partial charge in [-0.2, -0.15) is 0 Å². The van der Waals surface area contributed by atoms with E-state index in [1.54, 1.807) is 17.4 Å². The molecule has 0 bridgehead atoms. The van der Waals surface area contributed by atoms with Gasteiger partial charge in [-0.15, -0.1) is 22.7 Å². The summed E-state index contributed by atoms with van der Waals surface area (Å²) in [4.78, 5) is 22.4. The quantitative estimate of drug-likeness (QED) is 0.753. The van der Waals surface area contributed by atoms with Crippen molar-refractivity contribution >= 4 is 38.8 Å². The second-order valence-corrected chi connectivity index (χ2v) is 5.90. The number of aromatic nitrogens is 1. The second kappa shape index (κ2) is 5.08. The van der Waals surface area contributed by atoms with Gasteiger partial charge in [-0.25, -0.2) is 10.5 Å². The van der Waals surface area contributed by atoms with Crippen LogP contribution in [0.2, 0.25) is 0 Å². The first kappa shape index (κ1) is 12.3. The number of amides is 1. The Bertz CT molecular complexity index is 700. The van der Waals surface area contributed by atoms with E-state index >= 15 is 0 Å². The molecule has 2 heterocycles. The summed E-state index contributed by atoms with van der Waals surface area (Å²) in [6.45, 7) is 0. The van der Waals surface area contributed by atoms with Gasteiger partial charge in [0.05, 0.1) is 27.1 Å². The van der Waals surface area contributed by atoms with Crippen LogP contribution in [0.3, 0.4) is 0 Å². The van der Waals surface area contributed by atoms with Crippen LogP contribution >= 0.6 is 22.7 Å². The predicted octanol–water partition coefficient (Wildman–Crippen LogP) is 3.32. The maximum absolute atomic E-state index is 11.6. The summed E-state index contributed by atoms with van der Waals surface area (Å²) in [7, 11) is 1.42. The summed E-state index contributed by atoms with van der Waals surface area (Å²) in [5.74, 6) is -0.236. The molecule has 2 aromatic heterocycles.